The van der Waals surface area contributed by atoms with Gasteiger partial charge in [0.15, 0.2) is 11.5 Å². The lowest BCUT2D eigenvalue weighted by molar-refractivity contribution is -0.142. The molecule has 0 aliphatic carbocycles. The Kier molecular flexibility index (Phi) is 6.54. The summed E-state index contributed by atoms with van der Waals surface area (Å²) in [7, 11) is 2.92. The molecule has 1 rings (SSSR count). The van der Waals surface area contributed by atoms with Gasteiger partial charge in [-0.05, 0) is 12.1 Å². The third kappa shape index (κ3) is 4.11. The van der Waals surface area contributed by atoms with E-state index in [2.05, 4.69) is 4.74 Å². The number of ether oxygens (including phenoxy) is 4. The molecule has 7 heteroatoms. The zero-order valence-corrected chi connectivity index (χ0v) is 11.7. The molecule has 0 heterocycles. The number of hydrogen-bond acceptors (Lipinski definition) is 7. The molecule has 1 atom stereocenters. The van der Waals surface area contributed by atoms with E-state index in [1.807, 2.05) is 6.07 Å². The summed E-state index contributed by atoms with van der Waals surface area (Å²) in [4.78, 5) is 20.8. The molecule has 0 bridgehead atoms. The molecular weight excluding hydrogens is 278 g/mol. The number of carbonyl (C=O) groups excluding carboxylic acids is 2. The molecule has 0 radical (unpaired) electrons. The highest BCUT2D eigenvalue weighted by atomic mass is 16.6. The van der Waals surface area contributed by atoms with Gasteiger partial charge in [0.05, 0.1) is 25.9 Å². The summed E-state index contributed by atoms with van der Waals surface area (Å²) in [5.41, 5.74) is 0.874. The minimum Gasteiger partial charge on any atom is -0.493 e. The molecule has 0 spiro atoms. The fourth-order valence-corrected chi connectivity index (χ4v) is 1.90. The molecule has 0 aliphatic heterocycles. The quantitative estimate of drug-likeness (QED) is 0.622. The average molecular weight is 293 g/mol. The highest BCUT2D eigenvalue weighted by Crippen LogP contribution is 2.34. The molecule has 1 aromatic rings. The van der Waals surface area contributed by atoms with E-state index in [0.29, 0.717) is 22.6 Å². The summed E-state index contributed by atoms with van der Waals surface area (Å²) in [6.07, 6.45) is -0.573. The number of benzene rings is 1. The number of hydrogen-bond donors (Lipinski definition) is 0. The molecule has 21 heavy (non-hydrogen) atoms. The van der Waals surface area contributed by atoms with E-state index in [0.717, 1.165) is 0 Å². The Bertz CT molecular complexity index is 537. The van der Waals surface area contributed by atoms with E-state index < -0.39 is 6.10 Å². The first-order valence-electron chi connectivity index (χ1n) is 6.00. The number of carbonyl (C=O) groups is 2. The summed E-state index contributed by atoms with van der Waals surface area (Å²) in [5, 5.41) is 9.18. The van der Waals surface area contributed by atoms with Crippen LogP contribution in [0.3, 0.4) is 0 Å². The molecule has 7 nitrogen and oxygen atoms in total. The van der Waals surface area contributed by atoms with Crippen LogP contribution < -0.4 is 9.47 Å². The highest BCUT2D eigenvalue weighted by molar-refractivity contribution is 5.55. The molecule has 112 valence electrons. The van der Waals surface area contributed by atoms with Crippen molar-refractivity contribution in [3.63, 3.8) is 0 Å². The molecule has 0 saturated heterocycles. The van der Waals surface area contributed by atoms with Crippen molar-refractivity contribution in [2.24, 2.45) is 0 Å². The van der Waals surface area contributed by atoms with Gasteiger partial charge in [0.1, 0.15) is 12.7 Å². The van der Waals surface area contributed by atoms with Crippen molar-refractivity contribution in [3.05, 3.63) is 23.3 Å². The smallest absolute Gasteiger partial charge is 0.293 e. The fourth-order valence-electron chi connectivity index (χ4n) is 1.90. The Balaban J connectivity index is 3.15. The summed E-state index contributed by atoms with van der Waals surface area (Å²) in [5.74, 6) is 0.829. The Morgan fingerprint density at radius 3 is 2.52 bits per heavy atom. The van der Waals surface area contributed by atoms with E-state index >= 15 is 0 Å². The van der Waals surface area contributed by atoms with Crippen LogP contribution in [0.15, 0.2) is 12.1 Å². The van der Waals surface area contributed by atoms with E-state index in [1.165, 1.54) is 14.2 Å². The van der Waals surface area contributed by atoms with Gasteiger partial charge >= 0.3 is 0 Å². The van der Waals surface area contributed by atoms with Gasteiger partial charge < -0.3 is 18.9 Å². The predicted octanol–water partition coefficient (Wildman–Crippen LogP) is 0.833. The summed E-state index contributed by atoms with van der Waals surface area (Å²) in [6, 6.07) is 5.22. The summed E-state index contributed by atoms with van der Waals surface area (Å²) < 4.78 is 19.9. The number of methoxy groups -OCH3 is 2. The maximum Gasteiger partial charge on any atom is 0.293 e. The lowest BCUT2D eigenvalue weighted by Crippen LogP contribution is -2.23. The van der Waals surface area contributed by atoms with Gasteiger partial charge in [-0.15, -0.1) is 0 Å². The minimum atomic E-state index is -0.721. The zero-order valence-electron chi connectivity index (χ0n) is 11.7. The molecule has 0 aliphatic rings. The Morgan fingerprint density at radius 1 is 1.24 bits per heavy atom. The average Bonchev–Trinajstić information content (AvgIpc) is 2.52. The fraction of sp³-hybridized carbons (Fsp3) is 0.357. The first-order valence-corrected chi connectivity index (χ1v) is 6.00. The third-order valence-corrected chi connectivity index (χ3v) is 2.80. The van der Waals surface area contributed by atoms with E-state index in [-0.39, 0.29) is 26.0 Å². The standard InChI is InChI=1S/C14H15NO6/c1-18-13-4-3-10(6-15)12(14(13)19-2)5-11(21-9-17)7-20-8-16/h3-4,8-9,11H,5,7H2,1-2H3. The van der Waals surface area contributed by atoms with Crippen molar-refractivity contribution < 1.29 is 28.5 Å². The van der Waals surface area contributed by atoms with Crippen molar-refractivity contribution in [1.82, 2.24) is 0 Å². The molecule has 0 saturated carbocycles. The molecule has 0 fully saturated rings. The summed E-state index contributed by atoms with van der Waals surface area (Å²) >= 11 is 0. The van der Waals surface area contributed by atoms with E-state index in [9.17, 15) is 14.9 Å². The Hall–Kier alpha value is -2.75. The first-order chi connectivity index (χ1) is 10.2. The molecule has 0 aromatic heterocycles. The van der Waals surface area contributed by atoms with Gasteiger partial charge in [-0.25, -0.2) is 0 Å². The molecule has 1 unspecified atom stereocenters. The second-order valence-electron chi connectivity index (χ2n) is 3.93. The van der Waals surface area contributed by atoms with Crippen LogP contribution in [0.1, 0.15) is 11.1 Å². The van der Waals surface area contributed by atoms with Crippen molar-refractivity contribution >= 4 is 12.9 Å². The maximum absolute atomic E-state index is 10.5. The number of rotatable bonds is 9. The molecular formula is C14H15NO6. The Labute approximate surface area is 122 Å². The molecule has 1 aromatic carbocycles. The Morgan fingerprint density at radius 2 is 2.00 bits per heavy atom. The second kappa shape index (κ2) is 8.43. The molecule has 0 amide bonds. The van der Waals surface area contributed by atoms with Crippen LogP contribution in [0.5, 0.6) is 11.5 Å². The third-order valence-electron chi connectivity index (χ3n) is 2.80. The minimum absolute atomic E-state index is 0.118. The van der Waals surface area contributed by atoms with Crippen LogP contribution in [0.2, 0.25) is 0 Å². The zero-order chi connectivity index (χ0) is 15.7. The van der Waals surface area contributed by atoms with Crippen LogP contribution in [0, 0.1) is 11.3 Å². The monoisotopic (exact) mass is 293 g/mol. The largest absolute Gasteiger partial charge is 0.493 e. The lowest BCUT2D eigenvalue weighted by atomic mass is 10.0. The molecule has 0 N–H and O–H groups in total. The lowest BCUT2D eigenvalue weighted by Gasteiger charge is -2.18. The van der Waals surface area contributed by atoms with Gasteiger partial charge in [-0.1, -0.05) is 0 Å². The van der Waals surface area contributed by atoms with Gasteiger partial charge in [0.2, 0.25) is 0 Å². The van der Waals surface area contributed by atoms with Crippen molar-refractivity contribution in [2.45, 2.75) is 12.5 Å². The maximum atomic E-state index is 10.5. The van der Waals surface area contributed by atoms with Gasteiger partial charge in [0.25, 0.3) is 12.9 Å². The van der Waals surface area contributed by atoms with E-state index in [1.54, 1.807) is 12.1 Å². The van der Waals surface area contributed by atoms with Gasteiger partial charge in [-0.2, -0.15) is 5.26 Å². The predicted molar refractivity (Wildman–Crippen MR) is 70.9 cm³/mol. The summed E-state index contributed by atoms with van der Waals surface area (Å²) in [6.45, 7) is 0.403. The van der Waals surface area contributed by atoms with Crippen LogP contribution in [0.25, 0.3) is 0 Å². The van der Waals surface area contributed by atoms with Crippen LogP contribution in [0.4, 0.5) is 0 Å². The number of nitrogens with zero attached hydrogens (tertiary/aromatic N) is 1. The first kappa shape index (κ1) is 16.3. The van der Waals surface area contributed by atoms with Gasteiger partial charge in [0, 0.05) is 12.0 Å². The topological polar surface area (TPSA) is 94.9 Å². The van der Waals surface area contributed by atoms with Crippen LogP contribution in [-0.4, -0.2) is 39.9 Å². The van der Waals surface area contributed by atoms with Crippen LogP contribution >= 0.6 is 0 Å². The highest BCUT2D eigenvalue weighted by Gasteiger charge is 2.20. The normalized spacial score (nSPS) is 10.9. The van der Waals surface area contributed by atoms with Crippen LogP contribution in [-0.2, 0) is 25.5 Å². The van der Waals surface area contributed by atoms with E-state index in [4.69, 9.17) is 14.2 Å². The second-order valence-corrected chi connectivity index (χ2v) is 3.93. The van der Waals surface area contributed by atoms with Crippen molar-refractivity contribution in [1.29, 1.82) is 5.26 Å². The van der Waals surface area contributed by atoms with Gasteiger partial charge in [-0.3, -0.25) is 9.59 Å². The number of nitriles is 1. The van der Waals surface area contributed by atoms with Crippen molar-refractivity contribution in [2.75, 3.05) is 20.8 Å². The van der Waals surface area contributed by atoms with Crippen molar-refractivity contribution in [3.8, 4) is 17.6 Å². The SMILES string of the molecule is COc1ccc(C#N)c(CC(COC=O)OC=O)c1OC.